The van der Waals surface area contributed by atoms with Gasteiger partial charge in [-0.15, -0.1) is 5.10 Å². The zero-order chi connectivity index (χ0) is 26.2. The van der Waals surface area contributed by atoms with Crippen LogP contribution < -0.4 is 15.2 Å². The number of anilines is 1. The fourth-order valence-electron chi connectivity index (χ4n) is 6.11. The predicted octanol–water partition coefficient (Wildman–Crippen LogP) is 4.17. The van der Waals surface area contributed by atoms with E-state index in [0.717, 1.165) is 72.6 Å². The van der Waals surface area contributed by atoms with Crippen molar-refractivity contribution in [2.75, 3.05) is 38.2 Å². The number of H-pyrrole nitrogens is 1. The number of aromatic amines is 1. The van der Waals surface area contributed by atoms with Crippen LogP contribution in [-0.4, -0.2) is 63.4 Å². The largest absolute Gasteiger partial charge is 0.497 e. The van der Waals surface area contributed by atoms with Crippen LogP contribution in [0.1, 0.15) is 60.3 Å². The molecule has 0 radical (unpaired) electrons. The molecule has 0 bridgehead atoms. The number of pyridine rings is 1. The van der Waals surface area contributed by atoms with Crippen LogP contribution in [0.5, 0.6) is 5.75 Å². The van der Waals surface area contributed by atoms with Crippen molar-refractivity contribution < 1.29 is 4.74 Å². The summed E-state index contributed by atoms with van der Waals surface area (Å²) in [6.45, 7) is 7.40. The zero-order valence-electron chi connectivity index (χ0n) is 22.4. The molecule has 9 nitrogen and oxygen atoms in total. The molecule has 1 aliphatic heterocycles. The molecule has 2 aromatic carbocycles. The Morgan fingerprint density at radius 1 is 0.974 bits per heavy atom. The quantitative estimate of drug-likeness (QED) is 0.414. The number of fused-ring (bicyclic) bond motifs is 1. The lowest BCUT2D eigenvalue weighted by atomic mass is 9.99. The first-order valence-corrected chi connectivity index (χ1v) is 13.6. The van der Waals surface area contributed by atoms with Gasteiger partial charge in [0.15, 0.2) is 5.82 Å². The number of hydrogen-bond donors (Lipinski definition) is 1. The summed E-state index contributed by atoms with van der Waals surface area (Å²) >= 11 is 0. The normalized spacial score (nSPS) is 17.8. The summed E-state index contributed by atoms with van der Waals surface area (Å²) in [5.41, 5.74) is 4.91. The van der Waals surface area contributed by atoms with E-state index < -0.39 is 0 Å². The molecule has 4 aromatic rings. The SMILES string of the molecule is COc1ccc(N2CCN(C(c3cc4c(C)ccc(C)c4[nH]c3=O)c3nnnn3C3CCCC3)CC2)cc1. The Kier molecular flexibility index (Phi) is 6.61. The van der Waals surface area contributed by atoms with Crippen molar-refractivity contribution in [3.8, 4) is 5.75 Å². The Hall–Kier alpha value is -3.72. The van der Waals surface area contributed by atoms with E-state index >= 15 is 0 Å². The van der Waals surface area contributed by atoms with Gasteiger partial charge in [0.2, 0.25) is 0 Å². The highest BCUT2D eigenvalue weighted by Crippen LogP contribution is 2.35. The van der Waals surface area contributed by atoms with E-state index in [2.05, 4.69) is 67.6 Å². The fraction of sp³-hybridized carbons (Fsp3) is 0.448. The Bertz CT molecular complexity index is 1480. The van der Waals surface area contributed by atoms with Crippen LogP contribution in [0.2, 0.25) is 0 Å². The van der Waals surface area contributed by atoms with E-state index in [1.807, 2.05) is 23.7 Å². The number of ether oxygens (including phenoxy) is 1. The smallest absolute Gasteiger partial charge is 0.253 e. The average molecular weight is 514 g/mol. The number of nitrogens with one attached hydrogen (secondary N) is 1. The molecule has 1 atom stereocenters. The second-order valence-electron chi connectivity index (χ2n) is 10.6. The van der Waals surface area contributed by atoms with Crippen molar-refractivity contribution in [2.24, 2.45) is 0 Å². The summed E-state index contributed by atoms with van der Waals surface area (Å²) in [5, 5.41) is 14.2. The van der Waals surface area contributed by atoms with Crippen molar-refractivity contribution in [3.63, 3.8) is 0 Å². The van der Waals surface area contributed by atoms with Gasteiger partial charge in [0.05, 0.1) is 18.7 Å². The van der Waals surface area contributed by atoms with Crippen LogP contribution in [0, 0.1) is 13.8 Å². The molecule has 0 spiro atoms. The minimum absolute atomic E-state index is 0.0743. The van der Waals surface area contributed by atoms with Crippen molar-refractivity contribution in [3.05, 3.63) is 75.3 Å². The van der Waals surface area contributed by atoms with Gasteiger partial charge >= 0.3 is 0 Å². The van der Waals surface area contributed by atoms with Gasteiger partial charge in [0.25, 0.3) is 5.56 Å². The van der Waals surface area contributed by atoms with E-state index in [1.54, 1.807) is 7.11 Å². The maximum atomic E-state index is 13.7. The maximum Gasteiger partial charge on any atom is 0.253 e. The molecule has 2 fully saturated rings. The molecule has 1 saturated heterocycles. The molecular weight excluding hydrogens is 478 g/mol. The molecule has 198 valence electrons. The molecule has 0 amide bonds. The zero-order valence-corrected chi connectivity index (χ0v) is 22.4. The van der Waals surface area contributed by atoms with E-state index in [9.17, 15) is 4.79 Å². The van der Waals surface area contributed by atoms with E-state index in [4.69, 9.17) is 4.74 Å². The Balaban J connectivity index is 1.38. The molecule has 3 heterocycles. The van der Waals surface area contributed by atoms with E-state index in [1.165, 1.54) is 18.5 Å². The Labute approximate surface area is 222 Å². The molecule has 1 aliphatic carbocycles. The summed E-state index contributed by atoms with van der Waals surface area (Å²) in [6, 6.07) is 14.4. The monoisotopic (exact) mass is 513 g/mol. The number of hydrogen-bond acceptors (Lipinski definition) is 7. The lowest BCUT2D eigenvalue weighted by molar-refractivity contribution is 0.197. The third-order valence-electron chi connectivity index (χ3n) is 8.32. The summed E-state index contributed by atoms with van der Waals surface area (Å²) in [6.07, 6.45) is 4.51. The van der Waals surface area contributed by atoms with Gasteiger partial charge in [0.1, 0.15) is 11.8 Å². The summed E-state index contributed by atoms with van der Waals surface area (Å²) in [5.74, 6) is 1.62. The predicted molar refractivity (Wildman–Crippen MR) is 148 cm³/mol. The first-order chi connectivity index (χ1) is 18.5. The summed E-state index contributed by atoms with van der Waals surface area (Å²) in [4.78, 5) is 21.6. The number of nitrogens with zero attached hydrogens (tertiary/aromatic N) is 6. The second kappa shape index (κ2) is 10.2. The highest BCUT2D eigenvalue weighted by Gasteiger charge is 2.35. The van der Waals surface area contributed by atoms with Gasteiger partial charge in [-0.05, 0) is 78.6 Å². The number of tetrazole rings is 1. The lowest BCUT2D eigenvalue weighted by Crippen LogP contribution is -2.49. The molecule has 6 rings (SSSR count). The lowest BCUT2D eigenvalue weighted by Gasteiger charge is -2.40. The molecule has 9 heteroatoms. The Morgan fingerprint density at radius 2 is 1.68 bits per heavy atom. The van der Waals surface area contributed by atoms with Crippen LogP contribution in [-0.2, 0) is 0 Å². The first-order valence-electron chi connectivity index (χ1n) is 13.6. The number of piperazine rings is 1. The third kappa shape index (κ3) is 4.45. The number of methoxy groups -OCH3 is 1. The highest BCUT2D eigenvalue weighted by atomic mass is 16.5. The van der Waals surface area contributed by atoms with Crippen LogP contribution >= 0.6 is 0 Å². The molecule has 1 unspecified atom stereocenters. The van der Waals surface area contributed by atoms with Gasteiger partial charge in [-0.3, -0.25) is 9.69 Å². The molecule has 2 aliphatic rings. The molecule has 2 aromatic heterocycles. The van der Waals surface area contributed by atoms with Crippen LogP contribution in [0.4, 0.5) is 5.69 Å². The minimum atomic E-state index is -0.323. The summed E-state index contributed by atoms with van der Waals surface area (Å²) in [7, 11) is 1.68. The third-order valence-corrected chi connectivity index (χ3v) is 8.32. The number of aryl methyl sites for hydroxylation is 2. The standard InChI is InChI=1S/C29H35N7O2/c1-19-8-9-20(2)26-24(19)18-25(29(37)30-26)27(28-31-32-33-36(28)22-6-4-5-7-22)35-16-14-34(15-17-35)21-10-12-23(38-3)13-11-21/h8-13,18,22,27H,4-7,14-17H2,1-3H3,(H,30,37). The maximum absolute atomic E-state index is 13.7. The Morgan fingerprint density at radius 3 is 2.39 bits per heavy atom. The van der Waals surface area contributed by atoms with Crippen LogP contribution in [0.3, 0.4) is 0 Å². The topological polar surface area (TPSA) is 92.2 Å². The van der Waals surface area contributed by atoms with Gasteiger partial charge in [-0.2, -0.15) is 0 Å². The number of benzene rings is 2. The van der Waals surface area contributed by atoms with E-state index in [0.29, 0.717) is 5.56 Å². The second-order valence-corrected chi connectivity index (χ2v) is 10.6. The number of aromatic nitrogens is 5. The van der Waals surface area contributed by atoms with Crippen molar-refractivity contribution in [1.82, 2.24) is 30.1 Å². The summed E-state index contributed by atoms with van der Waals surface area (Å²) < 4.78 is 7.33. The number of rotatable bonds is 6. The van der Waals surface area contributed by atoms with Gasteiger partial charge in [-0.25, -0.2) is 4.68 Å². The van der Waals surface area contributed by atoms with Gasteiger partial charge < -0.3 is 14.6 Å². The van der Waals surface area contributed by atoms with Crippen LogP contribution in [0.25, 0.3) is 10.9 Å². The van der Waals surface area contributed by atoms with Crippen molar-refractivity contribution in [1.29, 1.82) is 0 Å². The van der Waals surface area contributed by atoms with Crippen molar-refractivity contribution >= 4 is 16.6 Å². The van der Waals surface area contributed by atoms with E-state index in [-0.39, 0.29) is 17.6 Å². The fourth-order valence-corrected chi connectivity index (χ4v) is 6.11. The average Bonchev–Trinajstić information content (AvgIpc) is 3.65. The van der Waals surface area contributed by atoms with Crippen molar-refractivity contribution in [2.45, 2.75) is 51.6 Å². The van der Waals surface area contributed by atoms with Crippen LogP contribution in [0.15, 0.2) is 47.3 Å². The molecule has 1 N–H and O–H groups in total. The molecule has 1 saturated carbocycles. The molecule has 38 heavy (non-hydrogen) atoms. The van der Waals surface area contributed by atoms with Gasteiger partial charge in [-0.1, -0.05) is 25.0 Å². The minimum Gasteiger partial charge on any atom is -0.497 e. The van der Waals surface area contributed by atoms with Gasteiger partial charge in [0, 0.05) is 42.8 Å². The highest BCUT2D eigenvalue weighted by molar-refractivity contribution is 5.85. The first kappa shape index (κ1) is 24.6. The molecular formula is C29H35N7O2.